The van der Waals surface area contributed by atoms with E-state index in [1.54, 1.807) is 0 Å². The summed E-state index contributed by atoms with van der Waals surface area (Å²) >= 11 is 0. The molecule has 1 N–H and O–H groups in total. The van der Waals surface area contributed by atoms with E-state index in [2.05, 4.69) is 32.9 Å². The molecule has 0 aromatic heterocycles. The van der Waals surface area contributed by atoms with Gasteiger partial charge >= 0.3 is 5.97 Å². The van der Waals surface area contributed by atoms with E-state index in [0.717, 1.165) is 12.3 Å². The van der Waals surface area contributed by atoms with Gasteiger partial charge in [-0.15, -0.1) is 0 Å². The van der Waals surface area contributed by atoms with Gasteiger partial charge in [0.15, 0.2) is 0 Å². The Morgan fingerprint density at radius 1 is 1.33 bits per heavy atom. The molecule has 0 aromatic rings. The van der Waals surface area contributed by atoms with Crippen molar-refractivity contribution < 1.29 is 9.90 Å². The summed E-state index contributed by atoms with van der Waals surface area (Å²) in [7, 11) is 0. The van der Waals surface area contributed by atoms with Crippen LogP contribution in [0.2, 0.25) is 0 Å². The highest BCUT2D eigenvalue weighted by Crippen LogP contribution is 2.63. The van der Waals surface area contributed by atoms with Gasteiger partial charge in [-0.25, -0.2) is 0 Å². The fourth-order valence-corrected chi connectivity index (χ4v) is 6.24. The third-order valence-electron chi connectivity index (χ3n) is 6.87. The van der Waals surface area contributed by atoms with Gasteiger partial charge in [-0.05, 0) is 74.0 Å². The minimum atomic E-state index is -0.578. The summed E-state index contributed by atoms with van der Waals surface area (Å²) in [6.45, 7) is 8.74. The van der Waals surface area contributed by atoms with Crippen molar-refractivity contribution >= 4 is 5.97 Å². The van der Waals surface area contributed by atoms with Crippen LogP contribution in [0.15, 0.2) is 12.2 Å². The predicted molar refractivity (Wildman–Crippen MR) is 84.9 cm³/mol. The first-order valence-electron chi connectivity index (χ1n) is 8.71. The summed E-state index contributed by atoms with van der Waals surface area (Å²) in [6, 6.07) is 0. The Hall–Kier alpha value is -0.790. The molecule has 2 saturated carbocycles. The van der Waals surface area contributed by atoms with Crippen molar-refractivity contribution in [3.8, 4) is 0 Å². The second-order valence-corrected chi connectivity index (χ2v) is 8.74. The molecule has 21 heavy (non-hydrogen) atoms. The second-order valence-electron chi connectivity index (χ2n) is 8.74. The lowest BCUT2D eigenvalue weighted by Crippen LogP contribution is -2.51. The quantitative estimate of drug-likeness (QED) is 0.761. The minimum Gasteiger partial charge on any atom is -0.481 e. The van der Waals surface area contributed by atoms with Crippen LogP contribution in [-0.4, -0.2) is 11.1 Å². The summed E-state index contributed by atoms with van der Waals surface area (Å²) in [6.07, 6.45) is 10.8. The van der Waals surface area contributed by atoms with Crippen LogP contribution in [0.3, 0.4) is 0 Å². The normalized spacial score (nSPS) is 49.0. The molecule has 0 aromatic carbocycles. The van der Waals surface area contributed by atoms with Crippen molar-refractivity contribution in [1.29, 1.82) is 0 Å². The van der Waals surface area contributed by atoms with Crippen molar-refractivity contribution in [2.75, 3.05) is 0 Å². The van der Waals surface area contributed by atoms with Gasteiger partial charge in [-0.2, -0.15) is 0 Å². The lowest BCUT2D eigenvalue weighted by atomic mass is 9.50. The van der Waals surface area contributed by atoms with Crippen LogP contribution in [-0.2, 0) is 4.79 Å². The molecule has 0 spiro atoms. The van der Waals surface area contributed by atoms with E-state index >= 15 is 0 Å². The first kappa shape index (κ1) is 15.1. The molecule has 3 aliphatic carbocycles. The zero-order chi connectivity index (χ0) is 15.4. The largest absolute Gasteiger partial charge is 0.481 e. The van der Waals surface area contributed by atoms with E-state index < -0.39 is 11.4 Å². The van der Waals surface area contributed by atoms with Gasteiger partial charge in [0.25, 0.3) is 0 Å². The van der Waals surface area contributed by atoms with Crippen molar-refractivity contribution in [3.05, 3.63) is 12.2 Å². The van der Waals surface area contributed by atoms with E-state index in [9.17, 15) is 9.90 Å². The molecule has 2 bridgehead atoms. The molecule has 2 nitrogen and oxygen atoms in total. The number of carboxylic acid groups (broad SMARTS) is 1. The first-order chi connectivity index (χ1) is 9.78. The van der Waals surface area contributed by atoms with E-state index in [0.29, 0.717) is 29.1 Å². The summed E-state index contributed by atoms with van der Waals surface area (Å²) in [5.41, 5.74) is -0.245. The van der Waals surface area contributed by atoms with Gasteiger partial charge in [-0.1, -0.05) is 32.9 Å². The number of rotatable bonds is 3. The molecule has 0 heterocycles. The molecule has 2 heteroatoms. The Morgan fingerprint density at radius 2 is 2.05 bits per heavy atom. The average Bonchev–Trinajstić information content (AvgIpc) is 2.98. The lowest BCUT2D eigenvalue weighted by Gasteiger charge is -2.53. The summed E-state index contributed by atoms with van der Waals surface area (Å²) in [5.74, 6) is 2.00. The molecule has 0 saturated heterocycles. The molecule has 0 aliphatic heterocycles. The van der Waals surface area contributed by atoms with Gasteiger partial charge in [-0.3, -0.25) is 4.79 Å². The Morgan fingerprint density at radius 3 is 2.48 bits per heavy atom. The van der Waals surface area contributed by atoms with E-state index in [1.165, 1.54) is 25.7 Å². The van der Waals surface area contributed by atoms with Crippen molar-refractivity contribution in [3.63, 3.8) is 0 Å². The molecule has 3 rings (SSSR count). The molecule has 0 radical (unpaired) electrons. The fraction of sp³-hybridized carbons (Fsp3) is 0.842. The number of carbonyl (C=O) groups is 1. The smallest absolute Gasteiger partial charge is 0.309 e. The summed E-state index contributed by atoms with van der Waals surface area (Å²) in [5, 5.41) is 9.94. The topological polar surface area (TPSA) is 37.3 Å². The Balaban J connectivity index is 2.01. The number of allylic oxidation sites excluding steroid dienone is 2. The maximum absolute atomic E-state index is 12.1. The molecule has 6 atom stereocenters. The van der Waals surface area contributed by atoms with Crippen molar-refractivity contribution in [2.24, 2.45) is 40.4 Å². The number of hydrogen-bond acceptors (Lipinski definition) is 1. The van der Waals surface area contributed by atoms with Gasteiger partial charge in [0, 0.05) is 0 Å². The Bertz CT molecular complexity index is 466. The Labute approximate surface area is 129 Å². The van der Waals surface area contributed by atoms with Crippen LogP contribution in [0.25, 0.3) is 0 Å². The van der Waals surface area contributed by atoms with Gasteiger partial charge in [0.2, 0.25) is 0 Å². The number of hydrogen-bond donors (Lipinski definition) is 1. The number of carboxylic acids is 1. The molecule has 2 fully saturated rings. The number of fused-ring (bicyclic) bond motifs is 2. The molecule has 6 unspecified atom stereocenters. The number of aliphatic carboxylic acids is 1. The molecule has 3 aliphatic rings. The highest BCUT2D eigenvalue weighted by atomic mass is 16.4. The summed E-state index contributed by atoms with van der Waals surface area (Å²) in [4.78, 5) is 12.1. The predicted octanol–water partition coefficient (Wildman–Crippen LogP) is 4.75. The third kappa shape index (κ3) is 2.17. The highest BCUT2D eigenvalue weighted by Gasteiger charge is 2.58. The van der Waals surface area contributed by atoms with Gasteiger partial charge < -0.3 is 5.11 Å². The standard InChI is InChI=1S/C19H30O2/c1-12(2)16-15(19-7-5-14(11-19)6-8-19)9-13(3)10-18(16,4)17(20)21/h5,7,12-16H,6,8-11H2,1-4H3,(H,20,21). The van der Waals surface area contributed by atoms with Gasteiger partial charge in [0.1, 0.15) is 0 Å². The zero-order valence-electron chi connectivity index (χ0n) is 13.9. The van der Waals surface area contributed by atoms with Crippen molar-refractivity contribution in [1.82, 2.24) is 0 Å². The van der Waals surface area contributed by atoms with Crippen LogP contribution in [0.1, 0.15) is 59.8 Å². The second kappa shape index (κ2) is 4.86. The van der Waals surface area contributed by atoms with Crippen LogP contribution in [0, 0.1) is 40.4 Å². The Kier molecular flexibility index (Phi) is 3.50. The van der Waals surface area contributed by atoms with Crippen LogP contribution in [0.4, 0.5) is 0 Å². The van der Waals surface area contributed by atoms with E-state index in [-0.39, 0.29) is 0 Å². The van der Waals surface area contributed by atoms with E-state index in [4.69, 9.17) is 0 Å². The maximum Gasteiger partial charge on any atom is 0.309 e. The minimum absolute atomic E-state index is 0.299. The zero-order valence-corrected chi connectivity index (χ0v) is 13.9. The summed E-state index contributed by atoms with van der Waals surface area (Å²) < 4.78 is 0. The first-order valence-corrected chi connectivity index (χ1v) is 8.71. The van der Waals surface area contributed by atoms with E-state index in [1.807, 2.05) is 6.92 Å². The molecular weight excluding hydrogens is 260 g/mol. The molecule has 0 amide bonds. The van der Waals surface area contributed by atoms with Crippen LogP contribution >= 0.6 is 0 Å². The fourth-order valence-electron chi connectivity index (χ4n) is 6.24. The lowest BCUT2D eigenvalue weighted by molar-refractivity contribution is -0.163. The monoisotopic (exact) mass is 290 g/mol. The maximum atomic E-state index is 12.1. The highest BCUT2D eigenvalue weighted by molar-refractivity contribution is 5.75. The third-order valence-corrected chi connectivity index (χ3v) is 6.87. The van der Waals surface area contributed by atoms with Crippen LogP contribution in [0.5, 0.6) is 0 Å². The van der Waals surface area contributed by atoms with Gasteiger partial charge in [0.05, 0.1) is 5.41 Å². The molecule has 118 valence electrons. The van der Waals surface area contributed by atoms with Crippen LogP contribution < -0.4 is 0 Å². The van der Waals surface area contributed by atoms with Crippen molar-refractivity contribution in [2.45, 2.75) is 59.8 Å². The average molecular weight is 290 g/mol. The SMILES string of the molecule is CC1CC(C23C=CC(CC2)C3)C(C(C)C)C(C)(C(=O)O)C1. The molecular formula is C19H30O2.